The Bertz CT molecular complexity index is 613. The van der Waals surface area contributed by atoms with Crippen LogP contribution in [0.25, 0.3) is 0 Å². The van der Waals surface area contributed by atoms with E-state index in [9.17, 15) is 0 Å². The maximum Gasteiger partial charge on any atom is 0.237 e. The number of ether oxygens (including phenoxy) is 1. The first-order valence-electron chi connectivity index (χ1n) is 7.31. The molecule has 10 heteroatoms. The Balaban J connectivity index is 0.00000192. The van der Waals surface area contributed by atoms with Crippen molar-refractivity contribution in [1.29, 1.82) is 0 Å². The molecule has 0 spiro atoms. The highest BCUT2D eigenvalue weighted by atomic mass is 35.5. The first-order valence-corrected chi connectivity index (χ1v) is 8.29. The molecule has 2 aromatic heterocycles. The lowest BCUT2D eigenvalue weighted by Crippen LogP contribution is -2.29. The molecule has 23 heavy (non-hydrogen) atoms. The van der Waals surface area contributed by atoms with Crippen LogP contribution in [0.5, 0.6) is 0 Å². The van der Waals surface area contributed by atoms with E-state index in [-0.39, 0.29) is 12.4 Å². The van der Waals surface area contributed by atoms with Gasteiger partial charge >= 0.3 is 0 Å². The van der Waals surface area contributed by atoms with E-state index in [2.05, 4.69) is 30.2 Å². The molecule has 0 bridgehead atoms. The van der Waals surface area contributed by atoms with Crippen LogP contribution in [0, 0.1) is 0 Å². The molecule has 0 saturated carbocycles. The number of hydrogen-bond acceptors (Lipinski definition) is 8. The molecule has 1 aliphatic heterocycles. The molecule has 1 aliphatic rings. The predicted molar refractivity (Wildman–Crippen MR) is 87.7 cm³/mol. The molecule has 0 amide bonds. The van der Waals surface area contributed by atoms with E-state index in [4.69, 9.17) is 9.26 Å². The summed E-state index contributed by atoms with van der Waals surface area (Å²) in [4.78, 5) is 4.25. The van der Waals surface area contributed by atoms with E-state index < -0.39 is 0 Å². The molecule has 1 atom stereocenters. The molecule has 2 aromatic rings. The second kappa shape index (κ2) is 8.62. The third kappa shape index (κ3) is 4.43. The van der Waals surface area contributed by atoms with Gasteiger partial charge in [-0.15, -0.1) is 22.6 Å². The third-order valence-electron chi connectivity index (χ3n) is 3.64. The Hall–Kier alpha value is -1.16. The number of thioether (sulfide) groups is 1. The fraction of sp³-hybridized carbons (Fsp3) is 0.692. The van der Waals surface area contributed by atoms with Crippen LogP contribution in [0.2, 0.25) is 0 Å². The number of halogens is 1. The molecular weight excluding hydrogens is 340 g/mol. The van der Waals surface area contributed by atoms with Crippen molar-refractivity contribution in [3.05, 3.63) is 17.5 Å². The molecule has 0 aromatic carbocycles. The van der Waals surface area contributed by atoms with Gasteiger partial charge in [-0.25, -0.2) is 0 Å². The van der Waals surface area contributed by atoms with Gasteiger partial charge in [-0.05, 0) is 19.4 Å². The maximum atomic E-state index is 5.17. The molecule has 0 radical (unpaired) electrons. The standard InChI is InChI=1S/C13H20N6O2S.ClH/c1-19-12(9-4-3-5-14-6-9)16-17-13(19)22-8-11-15-10(7-20-2)18-21-11;/h9,14H,3-8H2,1-2H3;1H. The number of methoxy groups -OCH3 is 1. The summed E-state index contributed by atoms with van der Waals surface area (Å²) in [5.41, 5.74) is 0. The molecule has 1 fully saturated rings. The molecule has 128 valence electrons. The fourth-order valence-electron chi connectivity index (χ4n) is 2.54. The molecule has 1 saturated heterocycles. The number of aromatic nitrogens is 5. The second-order valence-electron chi connectivity index (χ2n) is 5.27. The smallest absolute Gasteiger partial charge is 0.237 e. The molecule has 3 rings (SSSR count). The first kappa shape index (κ1) is 18.2. The van der Waals surface area contributed by atoms with Crippen molar-refractivity contribution >= 4 is 24.2 Å². The molecule has 0 aliphatic carbocycles. The van der Waals surface area contributed by atoms with Gasteiger partial charge in [0.2, 0.25) is 5.89 Å². The van der Waals surface area contributed by atoms with Crippen molar-refractivity contribution in [2.45, 2.75) is 36.3 Å². The quantitative estimate of drug-likeness (QED) is 0.775. The van der Waals surface area contributed by atoms with Crippen LogP contribution in [-0.2, 0) is 24.1 Å². The summed E-state index contributed by atoms with van der Waals surface area (Å²) >= 11 is 1.55. The fourth-order valence-corrected chi connectivity index (χ4v) is 3.30. The number of nitrogens with zero attached hydrogens (tertiary/aromatic N) is 5. The maximum absolute atomic E-state index is 5.17. The summed E-state index contributed by atoms with van der Waals surface area (Å²) < 4.78 is 12.2. The summed E-state index contributed by atoms with van der Waals surface area (Å²) in [5.74, 6) is 3.19. The number of piperidine rings is 1. The van der Waals surface area contributed by atoms with Crippen LogP contribution in [0.4, 0.5) is 0 Å². The van der Waals surface area contributed by atoms with Crippen molar-refractivity contribution in [3.8, 4) is 0 Å². The lowest BCUT2D eigenvalue weighted by atomic mass is 9.99. The molecular formula is C13H21ClN6O2S. The average Bonchev–Trinajstić information content (AvgIpc) is 3.13. The molecule has 1 unspecified atom stereocenters. The highest BCUT2D eigenvalue weighted by Crippen LogP contribution is 2.26. The SMILES string of the molecule is COCc1noc(CSc2nnc(C3CCCNC3)n2C)n1.Cl. The van der Waals surface area contributed by atoms with Gasteiger partial charge in [0, 0.05) is 26.6 Å². The summed E-state index contributed by atoms with van der Waals surface area (Å²) in [7, 11) is 3.61. The normalized spacial score (nSPS) is 17.9. The Morgan fingerprint density at radius 2 is 2.30 bits per heavy atom. The average molecular weight is 361 g/mol. The first-order chi connectivity index (χ1) is 10.8. The summed E-state index contributed by atoms with van der Waals surface area (Å²) in [5, 5.41) is 16.8. The van der Waals surface area contributed by atoms with Crippen molar-refractivity contribution in [3.63, 3.8) is 0 Å². The van der Waals surface area contributed by atoms with E-state index >= 15 is 0 Å². The zero-order valence-electron chi connectivity index (χ0n) is 13.2. The second-order valence-corrected chi connectivity index (χ2v) is 6.21. The minimum atomic E-state index is 0. The minimum absolute atomic E-state index is 0. The molecule has 8 nitrogen and oxygen atoms in total. The summed E-state index contributed by atoms with van der Waals surface area (Å²) in [6, 6.07) is 0. The summed E-state index contributed by atoms with van der Waals surface area (Å²) in [6.07, 6.45) is 2.35. The molecule has 3 heterocycles. The van der Waals surface area contributed by atoms with Gasteiger partial charge in [-0.1, -0.05) is 16.9 Å². The zero-order chi connectivity index (χ0) is 15.4. The van der Waals surface area contributed by atoms with Crippen LogP contribution in [-0.4, -0.2) is 45.1 Å². The van der Waals surface area contributed by atoms with E-state index in [1.807, 2.05) is 7.05 Å². The monoisotopic (exact) mass is 360 g/mol. The Morgan fingerprint density at radius 1 is 1.43 bits per heavy atom. The van der Waals surface area contributed by atoms with Crippen LogP contribution in [0.1, 0.15) is 36.3 Å². The van der Waals surface area contributed by atoms with E-state index in [1.165, 1.54) is 6.42 Å². The van der Waals surface area contributed by atoms with Crippen molar-refractivity contribution < 1.29 is 9.26 Å². The zero-order valence-corrected chi connectivity index (χ0v) is 14.8. The Kier molecular flexibility index (Phi) is 6.82. The van der Waals surface area contributed by atoms with Gasteiger partial charge in [0.1, 0.15) is 12.4 Å². The number of rotatable bonds is 6. The van der Waals surface area contributed by atoms with Gasteiger partial charge in [-0.2, -0.15) is 4.98 Å². The highest BCUT2D eigenvalue weighted by Gasteiger charge is 2.22. The minimum Gasteiger partial charge on any atom is -0.377 e. The van der Waals surface area contributed by atoms with Gasteiger partial charge in [0.15, 0.2) is 11.0 Å². The Labute approximate surface area is 145 Å². The van der Waals surface area contributed by atoms with E-state index in [1.54, 1.807) is 18.9 Å². The van der Waals surface area contributed by atoms with Gasteiger partial charge in [0.05, 0.1) is 5.75 Å². The Morgan fingerprint density at radius 3 is 3.04 bits per heavy atom. The van der Waals surface area contributed by atoms with Gasteiger partial charge in [0.25, 0.3) is 0 Å². The largest absolute Gasteiger partial charge is 0.377 e. The van der Waals surface area contributed by atoms with Crippen LogP contribution >= 0.6 is 24.2 Å². The van der Waals surface area contributed by atoms with E-state index in [0.717, 1.165) is 30.5 Å². The number of nitrogens with one attached hydrogen (secondary N) is 1. The third-order valence-corrected chi connectivity index (χ3v) is 4.64. The van der Waals surface area contributed by atoms with Gasteiger partial charge in [-0.3, -0.25) is 0 Å². The van der Waals surface area contributed by atoms with Crippen molar-refractivity contribution in [2.75, 3.05) is 20.2 Å². The lowest BCUT2D eigenvalue weighted by Gasteiger charge is -2.21. The van der Waals surface area contributed by atoms with E-state index in [0.29, 0.717) is 30.0 Å². The lowest BCUT2D eigenvalue weighted by molar-refractivity contribution is 0.174. The van der Waals surface area contributed by atoms with Crippen molar-refractivity contribution in [2.24, 2.45) is 7.05 Å². The molecule has 1 N–H and O–H groups in total. The predicted octanol–water partition coefficient (Wildman–Crippen LogP) is 1.53. The van der Waals surface area contributed by atoms with Crippen LogP contribution in [0.15, 0.2) is 9.68 Å². The van der Waals surface area contributed by atoms with Crippen LogP contribution in [0.3, 0.4) is 0 Å². The van der Waals surface area contributed by atoms with Crippen molar-refractivity contribution in [1.82, 2.24) is 30.2 Å². The van der Waals surface area contributed by atoms with Gasteiger partial charge < -0.3 is 19.1 Å². The topological polar surface area (TPSA) is 90.9 Å². The van der Waals surface area contributed by atoms with Crippen LogP contribution < -0.4 is 5.32 Å². The number of hydrogen-bond donors (Lipinski definition) is 1. The summed E-state index contributed by atoms with van der Waals surface area (Å²) in [6.45, 7) is 2.43. The highest BCUT2D eigenvalue weighted by molar-refractivity contribution is 7.98.